The van der Waals surface area contributed by atoms with Gasteiger partial charge in [0.1, 0.15) is 0 Å². The summed E-state index contributed by atoms with van der Waals surface area (Å²) in [5.74, 6) is -0.00942. The number of benzene rings is 1. The van der Waals surface area contributed by atoms with Crippen molar-refractivity contribution in [1.82, 2.24) is 4.57 Å². The second kappa shape index (κ2) is 4.67. The van der Waals surface area contributed by atoms with Gasteiger partial charge in [0.05, 0.1) is 9.21 Å². The maximum Gasteiger partial charge on any atom is 0.205 e. The number of carbonyl (C=O) groups is 1. The summed E-state index contributed by atoms with van der Waals surface area (Å²) in [6.45, 7) is 0. The second-order valence-corrected chi connectivity index (χ2v) is 6.40. The third kappa shape index (κ3) is 2.18. The lowest BCUT2D eigenvalue weighted by molar-refractivity contribution is 0.104. The van der Waals surface area contributed by atoms with Crippen molar-refractivity contribution in [2.75, 3.05) is 0 Å². The van der Waals surface area contributed by atoms with Gasteiger partial charge in [-0.15, -0.1) is 11.3 Å². The van der Waals surface area contributed by atoms with Crippen molar-refractivity contribution >= 4 is 51.2 Å². The predicted molar refractivity (Wildman–Crippen MR) is 80.7 cm³/mol. The Labute approximate surface area is 124 Å². The topological polar surface area (TPSA) is 22.0 Å². The minimum absolute atomic E-state index is 0.00942. The molecule has 0 unspecified atom stereocenters. The van der Waals surface area contributed by atoms with Gasteiger partial charge in [-0.1, -0.05) is 29.3 Å². The van der Waals surface area contributed by atoms with E-state index in [4.69, 9.17) is 23.2 Å². The highest BCUT2D eigenvalue weighted by Crippen LogP contribution is 2.29. The van der Waals surface area contributed by atoms with E-state index in [2.05, 4.69) is 0 Å². The Morgan fingerprint density at radius 3 is 2.68 bits per heavy atom. The van der Waals surface area contributed by atoms with Crippen LogP contribution in [0.3, 0.4) is 0 Å². The summed E-state index contributed by atoms with van der Waals surface area (Å²) in [7, 11) is 1.90. The number of fused-ring (bicyclic) bond motifs is 1. The van der Waals surface area contributed by atoms with Crippen LogP contribution >= 0.6 is 34.5 Å². The van der Waals surface area contributed by atoms with Crippen LogP contribution in [0.25, 0.3) is 10.9 Å². The van der Waals surface area contributed by atoms with Gasteiger partial charge >= 0.3 is 0 Å². The first-order valence-corrected chi connectivity index (χ1v) is 7.18. The number of rotatable bonds is 2. The molecule has 19 heavy (non-hydrogen) atoms. The van der Waals surface area contributed by atoms with E-state index in [1.54, 1.807) is 18.2 Å². The average Bonchev–Trinajstić information content (AvgIpc) is 2.94. The molecule has 3 rings (SSSR count). The molecule has 96 valence electrons. The van der Waals surface area contributed by atoms with E-state index in [9.17, 15) is 4.79 Å². The first-order chi connectivity index (χ1) is 9.06. The summed E-state index contributed by atoms with van der Waals surface area (Å²) in [5, 5.41) is 1.56. The minimum atomic E-state index is -0.00942. The van der Waals surface area contributed by atoms with Gasteiger partial charge in [0, 0.05) is 34.7 Å². The molecule has 0 spiro atoms. The largest absolute Gasteiger partial charge is 0.350 e. The molecule has 2 heterocycles. The molecule has 3 aromatic rings. The standard InChI is InChI=1S/C14H9Cl2NOS/c1-17-7-10(9-3-2-8(15)6-11(9)17)14(18)12-4-5-13(16)19-12/h2-7H,1H3. The fourth-order valence-corrected chi connectivity index (χ4v) is 3.27. The van der Waals surface area contributed by atoms with E-state index >= 15 is 0 Å². The SMILES string of the molecule is Cn1cc(C(=O)c2ccc(Cl)s2)c2ccc(Cl)cc21. The molecular formula is C14H9Cl2NOS. The van der Waals surface area contributed by atoms with E-state index in [0.717, 1.165) is 10.9 Å². The lowest BCUT2D eigenvalue weighted by atomic mass is 10.1. The quantitative estimate of drug-likeness (QED) is 0.624. The van der Waals surface area contributed by atoms with Crippen LogP contribution in [-0.4, -0.2) is 10.4 Å². The van der Waals surface area contributed by atoms with Gasteiger partial charge < -0.3 is 4.57 Å². The molecule has 0 bridgehead atoms. The number of thiophene rings is 1. The van der Waals surface area contributed by atoms with E-state index in [1.807, 2.05) is 29.9 Å². The number of nitrogens with zero attached hydrogens (tertiary/aromatic N) is 1. The lowest BCUT2D eigenvalue weighted by Crippen LogP contribution is -1.97. The molecule has 0 radical (unpaired) electrons. The molecule has 0 atom stereocenters. The van der Waals surface area contributed by atoms with Crippen molar-refractivity contribution in [2.24, 2.45) is 7.05 Å². The molecule has 0 saturated carbocycles. The fourth-order valence-electron chi connectivity index (χ4n) is 2.11. The van der Waals surface area contributed by atoms with Gasteiger partial charge in [-0.25, -0.2) is 0 Å². The molecule has 2 aromatic heterocycles. The third-order valence-corrected chi connectivity index (χ3v) is 4.46. The molecular weight excluding hydrogens is 301 g/mol. The zero-order valence-corrected chi connectivity index (χ0v) is 12.3. The van der Waals surface area contributed by atoms with Crippen LogP contribution in [0, 0.1) is 0 Å². The maximum atomic E-state index is 12.5. The molecule has 1 aromatic carbocycles. The van der Waals surface area contributed by atoms with Crippen LogP contribution in [0.5, 0.6) is 0 Å². The zero-order valence-electron chi connectivity index (χ0n) is 9.98. The van der Waals surface area contributed by atoms with Gasteiger partial charge in [-0.2, -0.15) is 0 Å². The minimum Gasteiger partial charge on any atom is -0.350 e. The molecule has 0 fully saturated rings. The number of hydrogen-bond donors (Lipinski definition) is 0. The molecule has 0 N–H and O–H groups in total. The van der Waals surface area contributed by atoms with Crippen LogP contribution in [-0.2, 0) is 7.05 Å². The van der Waals surface area contributed by atoms with Crippen LogP contribution in [0.1, 0.15) is 15.2 Å². The normalized spacial score (nSPS) is 11.1. The van der Waals surface area contributed by atoms with Crippen molar-refractivity contribution in [3.63, 3.8) is 0 Å². The van der Waals surface area contributed by atoms with Crippen LogP contribution in [0.15, 0.2) is 36.5 Å². The summed E-state index contributed by atoms with van der Waals surface area (Å²) < 4.78 is 2.52. The first kappa shape index (κ1) is 12.7. The highest BCUT2D eigenvalue weighted by Gasteiger charge is 2.17. The van der Waals surface area contributed by atoms with Gasteiger partial charge in [-0.05, 0) is 24.3 Å². The average molecular weight is 310 g/mol. The van der Waals surface area contributed by atoms with Gasteiger partial charge in [0.2, 0.25) is 5.78 Å². The van der Waals surface area contributed by atoms with E-state index in [1.165, 1.54) is 11.3 Å². The van der Waals surface area contributed by atoms with E-state index < -0.39 is 0 Å². The maximum absolute atomic E-state index is 12.5. The molecule has 2 nitrogen and oxygen atoms in total. The Morgan fingerprint density at radius 1 is 1.21 bits per heavy atom. The highest BCUT2D eigenvalue weighted by molar-refractivity contribution is 7.18. The number of aromatic nitrogens is 1. The Hall–Kier alpha value is -1.29. The third-order valence-electron chi connectivity index (χ3n) is 2.99. The second-order valence-electron chi connectivity index (χ2n) is 4.25. The highest BCUT2D eigenvalue weighted by atomic mass is 35.5. The van der Waals surface area contributed by atoms with Crippen molar-refractivity contribution in [1.29, 1.82) is 0 Å². The van der Waals surface area contributed by atoms with Crippen molar-refractivity contribution in [3.05, 3.63) is 56.3 Å². The van der Waals surface area contributed by atoms with Crippen molar-refractivity contribution < 1.29 is 4.79 Å². The van der Waals surface area contributed by atoms with Crippen molar-refractivity contribution in [2.45, 2.75) is 0 Å². The summed E-state index contributed by atoms with van der Waals surface area (Å²) in [6, 6.07) is 9.02. The summed E-state index contributed by atoms with van der Waals surface area (Å²) in [4.78, 5) is 13.1. The molecule has 0 amide bonds. The van der Waals surface area contributed by atoms with Gasteiger partial charge in [-0.3, -0.25) is 4.79 Å². The van der Waals surface area contributed by atoms with E-state index in [0.29, 0.717) is 19.8 Å². The molecule has 0 saturated heterocycles. The van der Waals surface area contributed by atoms with Crippen molar-refractivity contribution in [3.8, 4) is 0 Å². The monoisotopic (exact) mass is 309 g/mol. The fraction of sp³-hybridized carbons (Fsp3) is 0.0714. The number of aryl methyl sites for hydroxylation is 1. The lowest BCUT2D eigenvalue weighted by Gasteiger charge is -1.97. The predicted octanol–water partition coefficient (Wildman–Crippen LogP) is 4.78. The Morgan fingerprint density at radius 2 is 2.00 bits per heavy atom. The molecule has 0 aliphatic rings. The summed E-state index contributed by atoms with van der Waals surface area (Å²) in [6.07, 6.45) is 1.83. The van der Waals surface area contributed by atoms with Gasteiger partial charge in [0.25, 0.3) is 0 Å². The molecule has 0 aliphatic carbocycles. The van der Waals surface area contributed by atoms with Crippen LogP contribution in [0.2, 0.25) is 9.36 Å². The number of hydrogen-bond acceptors (Lipinski definition) is 2. The van der Waals surface area contributed by atoms with E-state index in [-0.39, 0.29) is 5.78 Å². The zero-order chi connectivity index (χ0) is 13.6. The number of halogens is 2. The summed E-state index contributed by atoms with van der Waals surface area (Å²) in [5.41, 5.74) is 1.62. The smallest absolute Gasteiger partial charge is 0.205 e. The Balaban J connectivity index is 2.18. The Bertz CT molecular complexity index is 788. The molecule has 5 heteroatoms. The summed E-state index contributed by atoms with van der Waals surface area (Å²) >= 11 is 13.2. The van der Waals surface area contributed by atoms with Gasteiger partial charge in [0.15, 0.2) is 0 Å². The first-order valence-electron chi connectivity index (χ1n) is 5.61. The van der Waals surface area contributed by atoms with Crippen LogP contribution < -0.4 is 0 Å². The number of carbonyl (C=O) groups excluding carboxylic acids is 1. The number of ketones is 1. The Kier molecular flexibility index (Phi) is 3.13. The molecule has 0 aliphatic heterocycles. The van der Waals surface area contributed by atoms with Crippen LogP contribution in [0.4, 0.5) is 0 Å².